The van der Waals surface area contributed by atoms with Crippen molar-refractivity contribution in [3.8, 4) is 5.75 Å². The molecule has 1 fully saturated rings. The van der Waals surface area contributed by atoms with E-state index in [4.69, 9.17) is 16.3 Å². The molecule has 0 atom stereocenters. The van der Waals surface area contributed by atoms with Crippen LogP contribution in [-0.2, 0) is 14.8 Å². The van der Waals surface area contributed by atoms with Crippen molar-refractivity contribution < 1.29 is 17.9 Å². The molecule has 1 heterocycles. The predicted molar refractivity (Wildman–Crippen MR) is 143 cm³/mol. The van der Waals surface area contributed by atoms with E-state index in [1.807, 2.05) is 18.2 Å². The fourth-order valence-corrected chi connectivity index (χ4v) is 5.18. The van der Waals surface area contributed by atoms with E-state index in [1.165, 1.54) is 23.8 Å². The van der Waals surface area contributed by atoms with Crippen LogP contribution in [0, 0.1) is 0 Å². The molecule has 0 spiro atoms. The van der Waals surface area contributed by atoms with Crippen molar-refractivity contribution >= 4 is 39.3 Å². The van der Waals surface area contributed by atoms with Crippen LogP contribution in [0.3, 0.4) is 0 Å². The van der Waals surface area contributed by atoms with Crippen LogP contribution in [0.4, 0.5) is 5.69 Å². The smallest absolute Gasteiger partial charge is 0.261 e. The molecule has 1 aliphatic heterocycles. The summed E-state index contributed by atoms with van der Waals surface area (Å²) >= 11 is 6.26. The fraction of sp³-hybridized carbons (Fsp3) is 0.222. The molecule has 0 bridgehead atoms. The first-order chi connectivity index (χ1) is 17.4. The third kappa shape index (κ3) is 7.10. The lowest BCUT2D eigenvalue weighted by Gasteiger charge is -2.34. The average Bonchev–Trinajstić information content (AvgIpc) is 2.89. The number of rotatable bonds is 9. The molecule has 7 nitrogen and oxygen atoms in total. The molecule has 1 saturated heterocycles. The van der Waals surface area contributed by atoms with Crippen LogP contribution in [-0.4, -0.2) is 63.5 Å². The first-order valence-corrected chi connectivity index (χ1v) is 13.5. The number of carbonyl (C=O) groups is 1. The summed E-state index contributed by atoms with van der Waals surface area (Å²) in [7, 11) is -3.80. The van der Waals surface area contributed by atoms with Gasteiger partial charge in [0.1, 0.15) is 5.75 Å². The number of amides is 1. The second-order valence-corrected chi connectivity index (χ2v) is 10.4. The van der Waals surface area contributed by atoms with Gasteiger partial charge in [-0.3, -0.25) is 14.4 Å². The van der Waals surface area contributed by atoms with Gasteiger partial charge < -0.3 is 9.64 Å². The number of halogens is 1. The van der Waals surface area contributed by atoms with Crippen LogP contribution in [0.15, 0.2) is 89.8 Å². The lowest BCUT2D eigenvalue weighted by molar-refractivity contribution is -0.135. The average molecular weight is 526 g/mol. The van der Waals surface area contributed by atoms with E-state index in [0.717, 1.165) is 19.6 Å². The molecule has 4 rings (SSSR count). The Balaban J connectivity index is 1.24. The van der Waals surface area contributed by atoms with E-state index in [-0.39, 0.29) is 28.2 Å². The van der Waals surface area contributed by atoms with E-state index in [0.29, 0.717) is 18.8 Å². The molecule has 3 aromatic carbocycles. The van der Waals surface area contributed by atoms with Gasteiger partial charge in [0.2, 0.25) is 0 Å². The number of nitrogens with one attached hydrogen (secondary N) is 1. The number of anilines is 1. The number of nitrogens with zero attached hydrogens (tertiary/aromatic N) is 2. The van der Waals surface area contributed by atoms with Gasteiger partial charge in [-0.15, -0.1) is 0 Å². The molecule has 3 aromatic rings. The summed E-state index contributed by atoms with van der Waals surface area (Å²) in [6, 6.07) is 22.9. The molecule has 0 aliphatic carbocycles. The molecular formula is C27H28ClN3O4S. The minimum absolute atomic E-state index is 0.00691. The van der Waals surface area contributed by atoms with Gasteiger partial charge in [0.15, 0.2) is 6.61 Å². The summed E-state index contributed by atoms with van der Waals surface area (Å²) in [6.45, 7) is 3.48. The van der Waals surface area contributed by atoms with Crippen molar-refractivity contribution in [2.24, 2.45) is 0 Å². The van der Waals surface area contributed by atoms with Gasteiger partial charge in [0.25, 0.3) is 15.9 Å². The topological polar surface area (TPSA) is 78.9 Å². The number of sulfonamides is 1. The summed E-state index contributed by atoms with van der Waals surface area (Å²) < 4.78 is 33.4. The van der Waals surface area contributed by atoms with Crippen LogP contribution in [0.25, 0.3) is 6.08 Å². The highest BCUT2D eigenvalue weighted by molar-refractivity contribution is 7.92. The van der Waals surface area contributed by atoms with Crippen molar-refractivity contribution in [2.75, 3.05) is 44.1 Å². The van der Waals surface area contributed by atoms with E-state index < -0.39 is 10.0 Å². The van der Waals surface area contributed by atoms with E-state index in [1.54, 1.807) is 35.2 Å². The fourth-order valence-electron chi connectivity index (χ4n) is 3.80. The zero-order valence-electron chi connectivity index (χ0n) is 19.7. The number of hydrogen-bond acceptors (Lipinski definition) is 5. The standard InChI is InChI=1S/C27H28ClN3O4S/c28-25-20-24(36(33,34)29-23-11-5-2-6-12-23)13-14-26(25)35-21-27(32)31-18-16-30(17-19-31)15-7-10-22-8-3-1-4-9-22/h1-14,20,29H,15-19,21H2/b10-7+. The molecule has 188 valence electrons. The highest BCUT2D eigenvalue weighted by Crippen LogP contribution is 2.28. The van der Waals surface area contributed by atoms with Crippen molar-refractivity contribution in [2.45, 2.75) is 4.90 Å². The second kappa shape index (κ2) is 12.1. The van der Waals surface area contributed by atoms with Gasteiger partial charge in [-0.05, 0) is 35.9 Å². The van der Waals surface area contributed by atoms with E-state index >= 15 is 0 Å². The number of piperazine rings is 1. The number of benzene rings is 3. The van der Waals surface area contributed by atoms with Crippen molar-refractivity contribution in [3.63, 3.8) is 0 Å². The Hall–Kier alpha value is -3.33. The van der Waals surface area contributed by atoms with Crippen molar-refractivity contribution in [3.05, 3.63) is 95.5 Å². The highest BCUT2D eigenvalue weighted by atomic mass is 35.5. The van der Waals surface area contributed by atoms with Crippen molar-refractivity contribution in [1.29, 1.82) is 0 Å². The molecule has 0 aromatic heterocycles. The molecule has 1 aliphatic rings. The maximum atomic E-state index is 12.6. The third-order valence-electron chi connectivity index (χ3n) is 5.79. The summed E-state index contributed by atoms with van der Waals surface area (Å²) in [6.07, 6.45) is 4.24. The Morgan fingerprint density at radius 1 is 0.944 bits per heavy atom. The van der Waals surface area contributed by atoms with E-state index in [9.17, 15) is 13.2 Å². The first kappa shape index (κ1) is 25.8. The molecule has 1 N–H and O–H groups in total. The molecule has 0 saturated carbocycles. The first-order valence-electron chi connectivity index (χ1n) is 11.6. The zero-order chi connectivity index (χ0) is 25.4. The van der Waals surface area contributed by atoms with Crippen LogP contribution < -0.4 is 9.46 Å². The minimum atomic E-state index is -3.80. The molecular weight excluding hydrogens is 498 g/mol. The van der Waals surface area contributed by atoms with Crippen molar-refractivity contribution in [1.82, 2.24) is 9.80 Å². The molecule has 36 heavy (non-hydrogen) atoms. The number of hydrogen-bond donors (Lipinski definition) is 1. The highest BCUT2D eigenvalue weighted by Gasteiger charge is 2.22. The SMILES string of the molecule is O=C(COc1ccc(S(=O)(=O)Nc2ccccc2)cc1Cl)N1CCN(C/C=C/c2ccccc2)CC1. The van der Waals surface area contributed by atoms with Gasteiger partial charge in [0, 0.05) is 38.4 Å². The summed E-state index contributed by atoms with van der Waals surface area (Å²) in [5.74, 6) is 0.126. The quantitative estimate of drug-likeness (QED) is 0.448. The second-order valence-electron chi connectivity index (χ2n) is 8.35. The number of ether oxygens (including phenoxy) is 1. The molecule has 0 radical (unpaired) electrons. The van der Waals surface area contributed by atoms with E-state index in [2.05, 4.69) is 33.9 Å². The van der Waals surface area contributed by atoms with Gasteiger partial charge >= 0.3 is 0 Å². The maximum Gasteiger partial charge on any atom is 0.261 e. The van der Waals surface area contributed by atoms with Gasteiger partial charge in [-0.1, -0.05) is 72.3 Å². The van der Waals surface area contributed by atoms with Crippen LogP contribution >= 0.6 is 11.6 Å². The zero-order valence-corrected chi connectivity index (χ0v) is 21.3. The van der Waals surface area contributed by atoms with Gasteiger partial charge in [-0.2, -0.15) is 0 Å². The molecule has 0 unspecified atom stereocenters. The Morgan fingerprint density at radius 3 is 2.28 bits per heavy atom. The summed E-state index contributed by atoms with van der Waals surface area (Å²) in [4.78, 5) is 16.7. The molecule has 9 heteroatoms. The lowest BCUT2D eigenvalue weighted by atomic mass is 10.2. The molecule has 1 amide bonds. The van der Waals surface area contributed by atoms with Gasteiger partial charge in [-0.25, -0.2) is 8.42 Å². The third-order valence-corrected chi connectivity index (χ3v) is 7.46. The normalized spacial score (nSPS) is 14.6. The largest absolute Gasteiger partial charge is 0.482 e. The van der Waals surface area contributed by atoms with Crippen LogP contribution in [0.5, 0.6) is 5.75 Å². The Bertz CT molecular complexity index is 1290. The summed E-state index contributed by atoms with van der Waals surface area (Å²) in [5, 5.41) is 0.119. The lowest BCUT2D eigenvalue weighted by Crippen LogP contribution is -2.49. The monoisotopic (exact) mass is 525 g/mol. The Kier molecular flexibility index (Phi) is 8.64. The van der Waals surface area contributed by atoms with Gasteiger partial charge in [0.05, 0.1) is 9.92 Å². The maximum absolute atomic E-state index is 12.6. The summed E-state index contributed by atoms with van der Waals surface area (Å²) in [5.41, 5.74) is 1.62. The van der Waals surface area contributed by atoms with Crippen LogP contribution in [0.2, 0.25) is 5.02 Å². The number of carbonyl (C=O) groups excluding carboxylic acids is 1. The Labute approximate surface area is 217 Å². The number of para-hydroxylation sites is 1. The van der Waals surface area contributed by atoms with Crippen LogP contribution in [0.1, 0.15) is 5.56 Å². The predicted octanol–water partition coefficient (Wildman–Crippen LogP) is 4.38. The Morgan fingerprint density at radius 2 is 1.61 bits per heavy atom. The minimum Gasteiger partial charge on any atom is -0.482 e.